The number of hydrogen-bond donors (Lipinski definition) is 7. The van der Waals surface area contributed by atoms with Crippen molar-refractivity contribution in [1.29, 1.82) is 0 Å². The highest BCUT2D eigenvalue weighted by Crippen LogP contribution is 2.46. The number of ketones is 1. The van der Waals surface area contributed by atoms with Crippen molar-refractivity contribution >= 4 is 5.78 Å². The molecule has 0 radical (unpaired) electrons. The van der Waals surface area contributed by atoms with Crippen LogP contribution < -0.4 is 0 Å². The zero-order valence-electron chi connectivity index (χ0n) is 21.1. The second kappa shape index (κ2) is 11.0. The number of carbonyl (C=O) groups excluding carboxylic acids is 1. The molecular weight excluding hydrogens is 480 g/mol. The molecule has 7 N–H and O–H groups in total. The first kappa shape index (κ1) is 29.5. The van der Waals surface area contributed by atoms with Gasteiger partial charge in [0, 0.05) is 11.8 Å². The van der Waals surface area contributed by atoms with E-state index in [1.165, 1.54) is 6.08 Å². The van der Waals surface area contributed by atoms with E-state index >= 15 is 0 Å². The van der Waals surface area contributed by atoms with Gasteiger partial charge in [0.25, 0.3) is 0 Å². The molecule has 1 aliphatic carbocycles. The number of ether oxygens (including phenoxy) is 4. The van der Waals surface area contributed by atoms with Crippen molar-refractivity contribution in [3.05, 3.63) is 11.6 Å². The lowest BCUT2D eigenvalue weighted by Crippen LogP contribution is -2.60. The number of allylic oxidation sites excluding steroid dienone is 1. The fraction of sp³-hybridized carbons (Fsp3) is 0.875. The molecule has 3 rings (SSSR count). The third-order valence-corrected chi connectivity index (χ3v) is 7.72. The fourth-order valence-corrected chi connectivity index (χ4v) is 5.06. The summed E-state index contributed by atoms with van der Waals surface area (Å²) in [6.07, 6.45) is -8.34. The van der Waals surface area contributed by atoms with Crippen molar-refractivity contribution < 1.29 is 59.5 Å². The summed E-state index contributed by atoms with van der Waals surface area (Å²) in [6, 6.07) is 0. The van der Waals surface area contributed by atoms with Crippen LogP contribution in [-0.4, -0.2) is 122 Å². The van der Waals surface area contributed by atoms with Crippen molar-refractivity contribution in [3.63, 3.8) is 0 Å². The van der Waals surface area contributed by atoms with Gasteiger partial charge in [-0.3, -0.25) is 4.79 Å². The van der Waals surface area contributed by atoms with Crippen LogP contribution in [0.25, 0.3) is 0 Å². The molecule has 10 atom stereocenters. The number of carbonyl (C=O) groups is 1. The van der Waals surface area contributed by atoms with Crippen LogP contribution in [0.3, 0.4) is 0 Å². The zero-order chi connectivity index (χ0) is 27.1. The number of aliphatic hydroxyl groups is 7. The maximum atomic E-state index is 11.9. The maximum Gasteiger partial charge on any atom is 0.186 e. The second-order valence-electron chi connectivity index (χ2n) is 10.9. The van der Waals surface area contributed by atoms with Crippen LogP contribution in [0.4, 0.5) is 0 Å². The molecule has 0 saturated carbocycles. The lowest BCUT2D eigenvalue weighted by molar-refractivity contribution is -0.318. The Bertz CT molecular complexity index is 817. The molecule has 3 aliphatic rings. The normalized spacial score (nSPS) is 43.9. The fourth-order valence-electron chi connectivity index (χ4n) is 5.06. The van der Waals surface area contributed by atoms with E-state index in [0.717, 1.165) is 0 Å². The highest BCUT2D eigenvalue weighted by Gasteiger charge is 2.51. The van der Waals surface area contributed by atoms with Crippen LogP contribution in [-0.2, 0) is 23.7 Å². The molecule has 0 unspecified atom stereocenters. The third-order valence-electron chi connectivity index (χ3n) is 7.72. The van der Waals surface area contributed by atoms with Crippen LogP contribution in [0.2, 0.25) is 0 Å². The summed E-state index contributed by atoms with van der Waals surface area (Å²) >= 11 is 0. The van der Waals surface area contributed by atoms with E-state index in [1.54, 1.807) is 13.8 Å². The van der Waals surface area contributed by atoms with Crippen LogP contribution >= 0.6 is 0 Å². The molecule has 0 aromatic carbocycles. The molecule has 2 aliphatic heterocycles. The Morgan fingerprint density at radius 3 is 2.36 bits per heavy atom. The molecule has 0 aromatic heterocycles. The molecule has 2 saturated heterocycles. The predicted molar refractivity (Wildman–Crippen MR) is 122 cm³/mol. The van der Waals surface area contributed by atoms with Crippen LogP contribution in [0.15, 0.2) is 11.6 Å². The van der Waals surface area contributed by atoms with Gasteiger partial charge in [-0.05, 0) is 38.3 Å². The van der Waals surface area contributed by atoms with Gasteiger partial charge in [-0.2, -0.15) is 0 Å². The zero-order valence-corrected chi connectivity index (χ0v) is 21.1. The van der Waals surface area contributed by atoms with Gasteiger partial charge in [0.15, 0.2) is 18.4 Å². The maximum absolute atomic E-state index is 11.9. The van der Waals surface area contributed by atoms with E-state index in [2.05, 4.69) is 0 Å². The monoisotopic (exact) mass is 520 g/mol. The molecular formula is C24H40O12. The van der Waals surface area contributed by atoms with Crippen LogP contribution in [0, 0.1) is 5.41 Å². The Labute approximate surface area is 210 Å². The molecule has 0 aromatic rings. The Balaban J connectivity index is 1.58. The summed E-state index contributed by atoms with van der Waals surface area (Å²) in [5.41, 5.74) is -3.22. The molecule has 2 fully saturated rings. The van der Waals surface area contributed by atoms with Gasteiger partial charge in [-0.15, -0.1) is 0 Å². The molecule has 0 spiro atoms. The minimum atomic E-state index is -1.88. The molecule has 36 heavy (non-hydrogen) atoms. The van der Waals surface area contributed by atoms with E-state index in [9.17, 15) is 40.5 Å². The van der Waals surface area contributed by atoms with Gasteiger partial charge in [0.1, 0.15) is 36.1 Å². The number of rotatable bonds is 9. The smallest absolute Gasteiger partial charge is 0.186 e. The highest BCUT2D eigenvalue weighted by molar-refractivity contribution is 5.92. The van der Waals surface area contributed by atoms with Gasteiger partial charge in [0.2, 0.25) is 0 Å². The lowest BCUT2D eigenvalue weighted by atomic mass is 9.63. The minimum absolute atomic E-state index is 0.0393. The standard InChI is InChI=1S/C24H40O12/c1-12-7-14(26)8-22(3,4)24(12,32)6-5-13(2)35-20-18(29)17(28)16(27)15(36-20)9-33-21-19(30)23(31,10-25)11-34-21/h7,13,15-21,25,27-32H,5-6,8-11H2,1-4H3/t13-,15+,16+,17-,18+,19-,20+,21+,23+,24+/m0/s1. The third kappa shape index (κ3) is 5.69. The Kier molecular flexibility index (Phi) is 9.01. The highest BCUT2D eigenvalue weighted by atomic mass is 16.7. The number of hydrogen-bond acceptors (Lipinski definition) is 12. The molecule has 2 heterocycles. The van der Waals surface area contributed by atoms with Crippen molar-refractivity contribution in [1.82, 2.24) is 0 Å². The van der Waals surface area contributed by atoms with E-state index in [4.69, 9.17) is 18.9 Å². The predicted octanol–water partition coefficient (Wildman–Crippen LogP) is -1.89. The molecule has 0 amide bonds. The average molecular weight is 521 g/mol. The lowest BCUT2D eigenvalue weighted by Gasteiger charge is -2.46. The largest absolute Gasteiger partial charge is 0.393 e. The second-order valence-corrected chi connectivity index (χ2v) is 10.9. The Morgan fingerprint density at radius 2 is 1.78 bits per heavy atom. The van der Waals surface area contributed by atoms with E-state index in [0.29, 0.717) is 12.0 Å². The van der Waals surface area contributed by atoms with Crippen LogP contribution in [0.1, 0.15) is 47.0 Å². The topological polar surface area (TPSA) is 196 Å². The van der Waals surface area contributed by atoms with Crippen molar-refractivity contribution in [2.75, 3.05) is 19.8 Å². The summed E-state index contributed by atoms with van der Waals surface area (Å²) < 4.78 is 22.0. The van der Waals surface area contributed by atoms with Crippen LogP contribution in [0.5, 0.6) is 0 Å². The summed E-state index contributed by atoms with van der Waals surface area (Å²) in [4.78, 5) is 11.9. The van der Waals surface area contributed by atoms with Gasteiger partial charge in [0.05, 0.1) is 31.5 Å². The quantitative estimate of drug-likeness (QED) is 0.179. The van der Waals surface area contributed by atoms with Crippen molar-refractivity contribution in [3.8, 4) is 0 Å². The first-order chi connectivity index (χ1) is 16.6. The summed E-state index contributed by atoms with van der Waals surface area (Å²) in [6.45, 7) is 5.60. The molecule has 208 valence electrons. The van der Waals surface area contributed by atoms with Gasteiger partial charge >= 0.3 is 0 Å². The summed E-state index contributed by atoms with van der Waals surface area (Å²) in [7, 11) is 0. The Morgan fingerprint density at radius 1 is 1.11 bits per heavy atom. The minimum Gasteiger partial charge on any atom is -0.393 e. The molecule has 0 bridgehead atoms. The number of aliphatic hydroxyl groups excluding tert-OH is 5. The SMILES string of the molecule is CC1=CC(=O)CC(C)(C)[C@@]1(O)CC[C@H](C)O[C@@H]1O[C@H](CO[C@@H]2OC[C@](O)(CO)[C@H]2O)[C@@H](O)[C@H](O)[C@H]1O. The van der Waals surface area contributed by atoms with E-state index < -0.39 is 72.4 Å². The molecule has 12 nitrogen and oxygen atoms in total. The molecule has 12 heteroatoms. The van der Waals surface area contributed by atoms with E-state index in [1.807, 2.05) is 13.8 Å². The van der Waals surface area contributed by atoms with Crippen molar-refractivity contribution in [2.45, 2.75) is 107 Å². The van der Waals surface area contributed by atoms with E-state index in [-0.39, 0.29) is 31.8 Å². The first-order valence-corrected chi connectivity index (χ1v) is 12.2. The van der Waals surface area contributed by atoms with Gasteiger partial charge in [-0.1, -0.05) is 13.8 Å². The van der Waals surface area contributed by atoms with Crippen molar-refractivity contribution in [2.24, 2.45) is 5.41 Å². The summed E-state index contributed by atoms with van der Waals surface area (Å²) in [5.74, 6) is -0.0393. The van der Waals surface area contributed by atoms with Gasteiger partial charge in [-0.25, -0.2) is 0 Å². The first-order valence-electron chi connectivity index (χ1n) is 12.2. The summed E-state index contributed by atoms with van der Waals surface area (Å²) in [5, 5.41) is 71.8. The van der Waals surface area contributed by atoms with Gasteiger partial charge < -0.3 is 54.7 Å². The Hall–Kier alpha value is -1.03. The average Bonchev–Trinajstić information content (AvgIpc) is 3.09.